The Morgan fingerprint density at radius 2 is 1.04 bits per heavy atom. The van der Waals surface area contributed by atoms with Gasteiger partial charge in [0.1, 0.15) is 0 Å². The van der Waals surface area contributed by atoms with Gasteiger partial charge in [-0.05, 0) is 6.04 Å². The Hall–Kier alpha value is -0.0662. The van der Waals surface area contributed by atoms with Crippen LogP contribution >= 0.6 is 0 Å². The van der Waals surface area contributed by atoms with Gasteiger partial charge in [-0.2, -0.15) is 0 Å². The van der Waals surface area contributed by atoms with Crippen LogP contribution in [0.4, 0.5) is 0 Å². The number of ether oxygens (including phenoxy) is 3. The fourth-order valence-electron chi connectivity index (χ4n) is 4.43. The Morgan fingerprint density at radius 3 is 1.35 bits per heavy atom. The summed E-state index contributed by atoms with van der Waals surface area (Å²) in [7, 11) is -3.32. The van der Waals surface area contributed by atoms with Crippen LogP contribution in [0.1, 0.15) is 0 Å². The van der Waals surface area contributed by atoms with Gasteiger partial charge in [-0.3, -0.25) is 13.7 Å². The summed E-state index contributed by atoms with van der Waals surface area (Å²) in [6, 6.07) is 2.62. The molecular formula is C18H37N3O3Si2. The molecule has 0 bridgehead atoms. The van der Waals surface area contributed by atoms with E-state index < -0.39 is 16.6 Å². The average molecular weight is 400 g/mol. The van der Waals surface area contributed by atoms with E-state index >= 15 is 0 Å². The lowest BCUT2D eigenvalue weighted by atomic mass is 10.5. The van der Waals surface area contributed by atoms with E-state index in [1.807, 2.05) is 0 Å². The zero-order valence-corrected chi connectivity index (χ0v) is 18.8. The predicted molar refractivity (Wildman–Crippen MR) is 110 cm³/mol. The van der Waals surface area contributed by atoms with E-state index in [0.29, 0.717) is 0 Å². The molecule has 0 atom stereocenters. The van der Waals surface area contributed by atoms with Crippen molar-refractivity contribution in [3.05, 3.63) is 12.3 Å². The van der Waals surface area contributed by atoms with Gasteiger partial charge in [0.25, 0.3) is 8.56 Å². The van der Waals surface area contributed by atoms with E-state index in [1.165, 1.54) is 12.1 Å². The van der Waals surface area contributed by atoms with Gasteiger partial charge < -0.3 is 14.2 Å². The van der Waals surface area contributed by atoms with E-state index in [2.05, 4.69) is 39.1 Å². The predicted octanol–water partition coefficient (Wildman–Crippen LogP) is 1.36. The number of nitrogens with zero attached hydrogens (tertiary/aromatic N) is 3. The van der Waals surface area contributed by atoms with E-state index in [4.69, 9.17) is 14.2 Å². The standard InChI is InChI=1S/C18H37N3O3Si2/c1-4-25(2,3)17-18-26(19-5-11-22-12-6-19,20-7-13-23-14-8-20)21-9-15-24-16-10-21/h4H,1,5-18H2,2-3H3. The summed E-state index contributed by atoms with van der Waals surface area (Å²) in [5, 5.41) is 0. The summed E-state index contributed by atoms with van der Waals surface area (Å²) >= 11 is 0. The lowest BCUT2D eigenvalue weighted by Gasteiger charge is -2.57. The van der Waals surface area contributed by atoms with Gasteiger partial charge in [0.05, 0.1) is 47.7 Å². The number of morpholine rings is 3. The average Bonchev–Trinajstić information content (AvgIpc) is 2.71. The van der Waals surface area contributed by atoms with Crippen LogP contribution < -0.4 is 0 Å². The molecule has 0 N–H and O–H groups in total. The van der Waals surface area contributed by atoms with Crippen LogP contribution in [0.5, 0.6) is 0 Å². The first-order chi connectivity index (χ1) is 12.6. The second kappa shape index (κ2) is 9.42. The number of hydrogen-bond donors (Lipinski definition) is 0. The van der Waals surface area contributed by atoms with E-state index in [9.17, 15) is 0 Å². The fraction of sp³-hybridized carbons (Fsp3) is 0.889. The third kappa shape index (κ3) is 4.67. The molecule has 3 aliphatic rings. The molecule has 0 spiro atoms. The van der Waals surface area contributed by atoms with Gasteiger partial charge in [-0.25, -0.2) is 0 Å². The highest BCUT2D eigenvalue weighted by Crippen LogP contribution is 2.32. The molecule has 0 aromatic carbocycles. The van der Waals surface area contributed by atoms with Crippen LogP contribution in [0.15, 0.2) is 12.3 Å². The number of hydrogen-bond acceptors (Lipinski definition) is 6. The Kier molecular flexibility index (Phi) is 7.49. The molecule has 0 aromatic heterocycles. The van der Waals surface area contributed by atoms with E-state index in [-0.39, 0.29) is 0 Å². The quantitative estimate of drug-likeness (QED) is 0.602. The van der Waals surface area contributed by atoms with Crippen LogP contribution in [0.3, 0.4) is 0 Å². The van der Waals surface area contributed by atoms with Gasteiger partial charge in [-0.1, -0.05) is 19.1 Å². The molecule has 3 fully saturated rings. The maximum atomic E-state index is 5.72. The minimum atomic E-state index is -1.97. The largest absolute Gasteiger partial charge is 0.379 e. The molecule has 3 aliphatic heterocycles. The SMILES string of the molecule is C=C[Si](C)(C)CC[Si](N1CCOCC1)(N1CCOCC1)N1CCOCC1. The van der Waals surface area contributed by atoms with Crippen LogP contribution in [0.2, 0.25) is 25.2 Å². The van der Waals surface area contributed by atoms with Gasteiger partial charge in [-0.15, -0.1) is 12.3 Å². The van der Waals surface area contributed by atoms with Crippen molar-refractivity contribution < 1.29 is 14.2 Å². The maximum Gasteiger partial charge on any atom is 0.289 e. The molecule has 0 amide bonds. The van der Waals surface area contributed by atoms with Crippen molar-refractivity contribution in [2.75, 3.05) is 78.9 Å². The lowest BCUT2D eigenvalue weighted by molar-refractivity contribution is 0.0155. The van der Waals surface area contributed by atoms with Crippen molar-refractivity contribution in [3.63, 3.8) is 0 Å². The highest BCUT2D eigenvalue weighted by Gasteiger charge is 2.52. The normalized spacial score (nSPS) is 25.3. The molecular weight excluding hydrogens is 362 g/mol. The fourth-order valence-corrected chi connectivity index (χ4v) is 13.4. The highest BCUT2D eigenvalue weighted by atomic mass is 28.4. The Bertz CT molecular complexity index is 403. The second-order valence-corrected chi connectivity index (χ2v) is 17.1. The van der Waals surface area contributed by atoms with Crippen molar-refractivity contribution in [1.82, 2.24) is 13.7 Å². The Morgan fingerprint density at radius 1 is 0.692 bits per heavy atom. The van der Waals surface area contributed by atoms with Gasteiger partial charge in [0.15, 0.2) is 0 Å². The molecule has 150 valence electrons. The molecule has 0 aliphatic carbocycles. The molecule has 0 aromatic rings. The van der Waals surface area contributed by atoms with Crippen molar-refractivity contribution in [3.8, 4) is 0 Å². The second-order valence-electron chi connectivity index (χ2n) is 8.27. The Labute approximate surface area is 161 Å². The van der Waals surface area contributed by atoms with Gasteiger partial charge in [0, 0.05) is 39.3 Å². The maximum absolute atomic E-state index is 5.72. The van der Waals surface area contributed by atoms with Crippen LogP contribution in [0, 0.1) is 0 Å². The molecule has 0 radical (unpaired) electrons. The third-order valence-corrected chi connectivity index (χ3v) is 14.7. The van der Waals surface area contributed by atoms with Crippen molar-refractivity contribution in [2.45, 2.75) is 25.2 Å². The molecule has 0 unspecified atom stereocenters. The van der Waals surface area contributed by atoms with E-state index in [0.717, 1.165) is 78.9 Å². The summed E-state index contributed by atoms with van der Waals surface area (Å²) in [6.07, 6.45) is 0. The monoisotopic (exact) mass is 399 g/mol. The highest BCUT2D eigenvalue weighted by molar-refractivity contribution is 6.84. The summed E-state index contributed by atoms with van der Waals surface area (Å²) in [5.74, 6) is 0. The first-order valence-corrected chi connectivity index (χ1v) is 15.5. The first kappa shape index (κ1) is 20.7. The third-order valence-electron chi connectivity index (χ3n) is 6.21. The van der Waals surface area contributed by atoms with Crippen molar-refractivity contribution in [2.24, 2.45) is 0 Å². The molecule has 3 rings (SSSR count). The topological polar surface area (TPSA) is 37.4 Å². The van der Waals surface area contributed by atoms with Crippen molar-refractivity contribution in [1.29, 1.82) is 0 Å². The first-order valence-electron chi connectivity index (χ1n) is 10.2. The minimum Gasteiger partial charge on any atom is -0.379 e. The van der Waals surface area contributed by atoms with E-state index in [1.54, 1.807) is 0 Å². The lowest BCUT2D eigenvalue weighted by Crippen LogP contribution is -2.79. The zero-order valence-electron chi connectivity index (χ0n) is 16.8. The molecule has 0 saturated carbocycles. The molecule has 6 nitrogen and oxygen atoms in total. The van der Waals surface area contributed by atoms with Crippen LogP contribution in [-0.2, 0) is 14.2 Å². The summed E-state index contributed by atoms with van der Waals surface area (Å²) in [5.41, 5.74) is 2.27. The molecule has 26 heavy (non-hydrogen) atoms. The summed E-state index contributed by atoms with van der Waals surface area (Å²) in [6.45, 7) is 20.7. The molecule has 3 saturated heterocycles. The smallest absolute Gasteiger partial charge is 0.289 e. The number of rotatable bonds is 7. The minimum absolute atomic E-state index is 0.867. The zero-order chi connectivity index (χ0) is 18.5. The Balaban J connectivity index is 1.91. The van der Waals surface area contributed by atoms with Crippen LogP contribution in [-0.4, -0.2) is 109 Å². The van der Waals surface area contributed by atoms with Gasteiger partial charge >= 0.3 is 0 Å². The molecule has 8 heteroatoms. The molecule has 3 heterocycles. The van der Waals surface area contributed by atoms with Crippen molar-refractivity contribution >= 4 is 16.6 Å². The van der Waals surface area contributed by atoms with Gasteiger partial charge in [0.2, 0.25) is 0 Å². The summed E-state index contributed by atoms with van der Waals surface area (Å²) < 4.78 is 25.7. The summed E-state index contributed by atoms with van der Waals surface area (Å²) in [4.78, 5) is 0. The van der Waals surface area contributed by atoms with Crippen LogP contribution in [0.25, 0.3) is 0 Å².